The Hall–Kier alpha value is -1.89. The van der Waals surface area contributed by atoms with E-state index in [4.69, 9.17) is 10.5 Å². The van der Waals surface area contributed by atoms with E-state index in [0.717, 1.165) is 6.07 Å². The van der Waals surface area contributed by atoms with Crippen LogP contribution in [-0.2, 0) is 0 Å². The van der Waals surface area contributed by atoms with E-state index in [0.29, 0.717) is 6.54 Å². The van der Waals surface area contributed by atoms with Crippen LogP contribution in [0.5, 0.6) is 5.75 Å². The van der Waals surface area contributed by atoms with Crippen molar-refractivity contribution in [2.45, 2.75) is 19.9 Å². The SMILES string of the molecule is COc1cc(NC(CN)C(C)C)c([N+](=O)[O-])cc1F. The van der Waals surface area contributed by atoms with Crippen molar-refractivity contribution in [2.75, 3.05) is 19.0 Å². The van der Waals surface area contributed by atoms with Crippen LogP contribution in [0.1, 0.15) is 13.8 Å². The minimum absolute atomic E-state index is 0.0485. The average Bonchev–Trinajstić information content (AvgIpc) is 2.36. The van der Waals surface area contributed by atoms with Gasteiger partial charge in [-0.3, -0.25) is 10.1 Å². The van der Waals surface area contributed by atoms with E-state index in [1.807, 2.05) is 13.8 Å². The third-order valence-electron chi connectivity index (χ3n) is 2.87. The Balaban J connectivity index is 3.19. The van der Waals surface area contributed by atoms with Crippen molar-refractivity contribution in [3.8, 4) is 5.75 Å². The van der Waals surface area contributed by atoms with Gasteiger partial charge in [0.15, 0.2) is 11.6 Å². The fourth-order valence-corrected chi connectivity index (χ4v) is 1.66. The number of nitrogens with one attached hydrogen (secondary N) is 1. The molecule has 0 fully saturated rings. The van der Waals surface area contributed by atoms with Gasteiger partial charge in [-0.1, -0.05) is 13.8 Å². The van der Waals surface area contributed by atoms with Gasteiger partial charge in [-0.2, -0.15) is 0 Å². The fourth-order valence-electron chi connectivity index (χ4n) is 1.66. The number of nitro benzene ring substituents is 1. The number of nitro groups is 1. The molecule has 0 saturated heterocycles. The van der Waals surface area contributed by atoms with Crippen LogP contribution in [0.2, 0.25) is 0 Å². The molecule has 0 aliphatic rings. The number of hydrogen-bond acceptors (Lipinski definition) is 5. The third kappa shape index (κ3) is 3.54. The largest absolute Gasteiger partial charge is 0.494 e. The number of ether oxygens (including phenoxy) is 1. The first-order valence-corrected chi connectivity index (χ1v) is 5.89. The van der Waals surface area contributed by atoms with Crippen molar-refractivity contribution in [1.82, 2.24) is 0 Å². The Bertz CT molecular complexity index is 466. The molecule has 1 rings (SSSR count). The van der Waals surface area contributed by atoms with E-state index in [1.54, 1.807) is 0 Å². The minimum Gasteiger partial charge on any atom is -0.494 e. The number of nitrogens with zero attached hydrogens (tertiary/aromatic N) is 1. The highest BCUT2D eigenvalue weighted by Crippen LogP contribution is 2.32. The molecule has 19 heavy (non-hydrogen) atoms. The number of hydrogen-bond donors (Lipinski definition) is 2. The Morgan fingerprint density at radius 3 is 2.58 bits per heavy atom. The second kappa shape index (κ2) is 6.33. The maximum absolute atomic E-state index is 13.5. The predicted octanol–water partition coefficient (Wildman–Crippen LogP) is 2.14. The highest BCUT2D eigenvalue weighted by molar-refractivity contribution is 5.65. The number of halogens is 1. The Kier molecular flexibility index (Phi) is 5.05. The zero-order valence-electron chi connectivity index (χ0n) is 11.1. The van der Waals surface area contributed by atoms with Gasteiger partial charge < -0.3 is 15.8 Å². The van der Waals surface area contributed by atoms with Crippen LogP contribution in [-0.4, -0.2) is 24.6 Å². The minimum atomic E-state index is -0.770. The summed E-state index contributed by atoms with van der Waals surface area (Å²) in [5.74, 6) is -0.637. The van der Waals surface area contributed by atoms with Gasteiger partial charge in [-0.15, -0.1) is 0 Å². The normalized spacial score (nSPS) is 12.3. The van der Waals surface area contributed by atoms with E-state index >= 15 is 0 Å². The Morgan fingerprint density at radius 2 is 2.16 bits per heavy atom. The topological polar surface area (TPSA) is 90.4 Å². The first kappa shape index (κ1) is 15.2. The van der Waals surface area contributed by atoms with Gasteiger partial charge in [0.1, 0.15) is 5.69 Å². The van der Waals surface area contributed by atoms with Crippen molar-refractivity contribution in [3.63, 3.8) is 0 Å². The molecule has 7 heteroatoms. The van der Waals surface area contributed by atoms with Gasteiger partial charge in [0, 0.05) is 18.7 Å². The van der Waals surface area contributed by atoms with Gasteiger partial charge in [0.25, 0.3) is 5.69 Å². The van der Waals surface area contributed by atoms with Gasteiger partial charge in [0.05, 0.1) is 18.1 Å². The lowest BCUT2D eigenvalue weighted by Gasteiger charge is -2.22. The first-order chi connectivity index (χ1) is 8.90. The lowest BCUT2D eigenvalue weighted by molar-refractivity contribution is -0.384. The molecule has 0 aliphatic heterocycles. The van der Waals surface area contributed by atoms with E-state index in [-0.39, 0.29) is 29.1 Å². The van der Waals surface area contributed by atoms with E-state index in [2.05, 4.69) is 5.32 Å². The summed E-state index contributed by atoms with van der Waals surface area (Å²) in [6, 6.07) is 1.97. The number of nitrogens with two attached hydrogens (primary N) is 1. The number of rotatable bonds is 6. The van der Waals surface area contributed by atoms with Crippen molar-refractivity contribution in [3.05, 3.63) is 28.1 Å². The molecular weight excluding hydrogens is 253 g/mol. The van der Waals surface area contributed by atoms with Crippen molar-refractivity contribution in [1.29, 1.82) is 0 Å². The van der Waals surface area contributed by atoms with Crippen LogP contribution in [0.3, 0.4) is 0 Å². The second-order valence-corrected chi connectivity index (χ2v) is 4.49. The summed E-state index contributed by atoms with van der Waals surface area (Å²) < 4.78 is 18.3. The molecule has 0 saturated carbocycles. The van der Waals surface area contributed by atoms with E-state index < -0.39 is 10.7 Å². The summed E-state index contributed by atoms with van der Waals surface area (Å²) in [7, 11) is 1.30. The van der Waals surface area contributed by atoms with Crippen LogP contribution < -0.4 is 15.8 Å². The molecule has 3 N–H and O–H groups in total. The molecular formula is C12H18FN3O3. The monoisotopic (exact) mass is 271 g/mol. The Morgan fingerprint density at radius 1 is 1.53 bits per heavy atom. The molecule has 0 bridgehead atoms. The number of methoxy groups -OCH3 is 1. The van der Waals surface area contributed by atoms with Gasteiger partial charge in [0.2, 0.25) is 0 Å². The highest BCUT2D eigenvalue weighted by Gasteiger charge is 2.22. The molecule has 0 spiro atoms. The molecule has 106 valence electrons. The van der Waals surface area contributed by atoms with Crippen molar-refractivity contribution >= 4 is 11.4 Å². The standard InChI is InChI=1S/C12H18FN3O3/c1-7(2)10(6-14)15-9-5-12(19-3)8(13)4-11(9)16(17)18/h4-5,7,10,15H,6,14H2,1-3H3. The predicted molar refractivity (Wildman–Crippen MR) is 70.9 cm³/mol. The van der Waals surface area contributed by atoms with E-state index in [1.165, 1.54) is 13.2 Å². The van der Waals surface area contributed by atoms with Gasteiger partial charge in [-0.25, -0.2) is 4.39 Å². The molecule has 1 aromatic carbocycles. The molecule has 0 aliphatic carbocycles. The average molecular weight is 271 g/mol. The maximum Gasteiger partial charge on any atom is 0.295 e. The van der Waals surface area contributed by atoms with Crippen LogP contribution in [0.4, 0.5) is 15.8 Å². The zero-order chi connectivity index (χ0) is 14.6. The summed E-state index contributed by atoms with van der Waals surface area (Å²) in [5.41, 5.74) is 5.48. The van der Waals surface area contributed by atoms with Crippen molar-refractivity contribution in [2.24, 2.45) is 11.7 Å². The lowest BCUT2D eigenvalue weighted by atomic mass is 10.0. The quantitative estimate of drug-likeness (QED) is 0.611. The number of anilines is 1. The molecule has 6 nitrogen and oxygen atoms in total. The maximum atomic E-state index is 13.5. The molecule has 1 atom stereocenters. The molecule has 0 amide bonds. The molecule has 0 heterocycles. The van der Waals surface area contributed by atoms with Crippen molar-refractivity contribution < 1.29 is 14.1 Å². The fraction of sp³-hybridized carbons (Fsp3) is 0.500. The number of benzene rings is 1. The molecule has 0 radical (unpaired) electrons. The van der Waals surface area contributed by atoms with Crippen LogP contribution >= 0.6 is 0 Å². The van der Waals surface area contributed by atoms with Crippen LogP contribution in [0, 0.1) is 21.8 Å². The lowest BCUT2D eigenvalue weighted by Crippen LogP contribution is -2.33. The van der Waals surface area contributed by atoms with Crippen LogP contribution in [0.15, 0.2) is 12.1 Å². The third-order valence-corrected chi connectivity index (χ3v) is 2.87. The van der Waals surface area contributed by atoms with Gasteiger partial charge >= 0.3 is 0 Å². The summed E-state index contributed by atoms with van der Waals surface area (Å²) in [5, 5.41) is 13.9. The Labute approximate surface area is 110 Å². The highest BCUT2D eigenvalue weighted by atomic mass is 19.1. The second-order valence-electron chi connectivity index (χ2n) is 4.49. The molecule has 1 aromatic rings. The first-order valence-electron chi connectivity index (χ1n) is 5.89. The summed E-state index contributed by atoms with van der Waals surface area (Å²) in [6.45, 7) is 4.20. The van der Waals surface area contributed by atoms with Crippen LogP contribution in [0.25, 0.3) is 0 Å². The molecule has 1 unspecified atom stereocenters. The van der Waals surface area contributed by atoms with E-state index in [9.17, 15) is 14.5 Å². The summed E-state index contributed by atoms with van der Waals surface area (Å²) in [4.78, 5) is 10.3. The zero-order valence-corrected chi connectivity index (χ0v) is 11.1. The summed E-state index contributed by atoms with van der Waals surface area (Å²) >= 11 is 0. The smallest absolute Gasteiger partial charge is 0.295 e. The summed E-state index contributed by atoms with van der Waals surface area (Å²) in [6.07, 6.45) is 0. The van der Waals surface area contributed by atoms with Gasteiger partial charge in [-0.05, 0) is 5.92 Å². The molecule has 0 aromatic heterocycles.